The molecule has 2 aromatic rings. The van der Waals surface area contributed by atoms with E-state index in [4.69, 9.17) is 0 Å². The standard InChI is InChI=1S/C22H27NO/c24-20-12-10-17(11-13-20)15-18-5-4-14-23(16-18)22-9-3-7-19-6-1-2-8-21(19)22/h1-2,6,8,10-13,18,22,24H,3-5,7,9,14-16H2. The predicted molar refractivity (Wildman–Crippen MR) is 98.2 cm³/mol. The first kappa shape index (κ1) is 15.7. The van der Waals surface area contributed by atoms with E-state index in [9.17, 15) is 5.11 Å². The second-order valence-corrected chi connectivity index (χ2v) is 7.48. The van der Waals surface area contributed by atoms with Crippen molar-refractivity contribution in [3.05, 3.63) is 65.2 Å². The summed E-state index contributed by atoms with van der Waals surface area (Å²) in [5, 5.41) is 9.46. The molecule has 1 saturated heterocycles. The molecule has 0 bridgehead atoms. The summed E-state index contributed by atoms with van der Waals surface area (Å²) in [7, 11) is 0. The normalized spacial score (nSPS) is 24.5. The molecule has 2 atom stereocenters. The number of likely N-dealkylation sites (tertiary alicyclic amines) is 1. The minimum Gasteiger partial charge on any atom is -0.508 e. The fourth-order valence-electron chi connectivity index (χ4n) is 4.62. The molecule has 1 aliphatic carbocycles. The molecule has 24 heavy (non-hydrogen) atoms. The number of benzene rings is 2. The van der Waals surface area contributed by atoms with Crippen molar-refractivity contribution in [1.82, 2.24) is 4.90 Å². The molecule has 0 aromatic heterocycles. The van der Waals surface area contributed by atoms with Gasteiger partial charge in [-0.3, -0.25) is 4.90 Å². The molecule has 4 rings (SSSR count). The minimum atomic E-state index is 0.364. The van der Waals surface area contributed by atoms with Crippen molar-refractivity contribution < 1.29 is 5.11 Å². The van der Waals surface area contributed by atoms with E-state index in [0.717, 1.165) is 12.3 Å². The summed E-state index contributed by atoms with van der Waals surface area (Å²) < 4.78 is 0. The van der Waals surface area contributed by atoms with Gasteiger partial charge in [0.05, 0.1) is 0 Å². The van der Waals surface area contributed by atoms with E-state index < -0.39 is 0 Å². The van der Waals surface area contributed by atoms with Crippen molar-refractivity contribution in [3.8, 4) is 5.75 Å². The Morgan fingerprint density at radius 1 is 0.958 bits per heavy atom. The molecule has 2 nitrogen and oxygen atoms in total. The van der Waals surface area contributed by atoms with E-state index in [1.165, 1.54) is 50.8 Å². The molecule has 2 unspecified atom stereocenters. The van der Waals surface area contributed by atoms with E-state index in [1.54, 1.807) is 11.1 Å². The van der Waals surface area contributed by atoms with Gasteiger partial charge in [-0.15, -0.1) is 0 Å². The van der Waals surface area contributed by atoms with Crippen molar-refractivity contribution in [3.63, 3.8) is 0 Å². The number of piperidine rings is 1. The molecule has 2 aliphatic rings. The number of aromatic hydroxyl groups is 1. The number of hydrogen-bond donors (Lipinski definition) is 1. The fourth-order valence-corrected chi connectivity index (χ4v) is 4.62. The van der Waals surface area contributed by atoms with Crippen LogP contribution in [0.5, 0.6) is 5.75 Å². The van der Waals surface area contributed by atoms with E-state index in [0.29, 0.717) is 11.8 Å². The number of phenols is 1. The van der Waals surface area contributed by atoms with Crippen LogP contribution in [0.25, 0.3) is 0 Å². The monoisotopic (exact) mass is 321 g/mol. The SMILES string of the molecule is Oc1ccc(CC2CCCN(C3CCCc4ccccc43)C2)cc1. The third kappa shape index (κ3) is 3.34. The first-order chi connectivity index (χ1) is 11.8. The number of rotatable bonds is 3. The van der Waals surface area contributed by atoms with Crippen LogP contribution in [0.15, 0.2) is 48.5 Å². The maximum atomic E-state index is 9.46. The highest BCUT2D eigenvalue weighted by atomic mass is 16.3. The molecule has 0 saturated carbocycles. The number of fused-ring (bicyclic) bond motifs is 1. The summed E-state index contributed by atoms with van der Waals surface area (Å²) in [6.45, 7) is 2.45. The first-order valence-corrected chi connectivity index (χ1v) is 9.39. The lowest BCUT2D eigenvalue weighted by molar-refractivity contribution is 0.111. The molecular weight excluding hydrogens is 294 g/mol. The van der Waals surface area contributed by atoms with Crippen LogP contribution in [0.1, 0.15) is 48.4 Å². The Bertz CT molecular complexity index is 679. The van der Waals surface area contributed by atoms with Gasteiger partial charge >= 0.3 is 0 Å². The van der Waals surface area contributed by atoms with Gasteiger partial charge in [0.15, 0.2) is 0 Å². The van der Waals surface area contributed by atoms with E-state index in [-0.39, 0.29) is 0 Å². The Labute approximate surface area is 145 Å². The van der Waals surface area contributed by atoms with Crippen LogP contribution in [-0.4, -0.2) is 23.1 Å². The number of nitrogens with zero attached hydrogens (tertiary/aromatic N) is 1. The summed E-state index contributed by atoms with van der Waals surface area (Å²) >= 11 is 0. The van der Waals surface area contributed by atoms with Crippen LogP contribution < -0.4 is 0 Å². The van der Waals surface area contributed by atoms with Crippen molar-refractivity contribution in [2.24, 2.45) is 5.92 Å². The number of hydrogen-bond acceptors (Lipinski definition) is 2. The lowest BCUT2D eigenvalue weighted by Gasteiger charge is -2.41. The third-order valence-electron chi connectivity index (χ3n) is 5.79. The molecule has 0 radical (unpaired) electrons. The Hall–Kier alpha value is -1.80. The van der Waals surface area contributed by atoms with Gasteiger partial charge in [-0.05, 0) is 79.8 Å². The van der Waals surface area contributed by atoms with Crippen LogP contribution in [0.2, 0.25) is 0 Å². The van der Waals surface area contributed by atoms with Crippen molar-refractivity contribution in [1.29, 1.82) is 0 Å². The van der Waals surface area contributed by atoms with Crippen LogP contribution in [0.4, 0.5) is 0 Å². The fraction of sp³-hybridized carbons (Fsp3) is 0.455. The van der Waals surface area contributed by atoms with Crippen LogP contribution in [0, 0.1) is 5.92 Å². The lowest BCUT2D eigenvalue weighted by atomic mass is 9.84. The summed E-state index contributed by atoms with van der Waals surface area (Å²) in [5.74, 6) is 1.10. The zero-order valence-electron chi connectivity index (χ0n) is 14.3. The Morgan fingerprint density at radius 2 is 1.79 bits per heavy atom. The Kier molecular flexibility index (Phi) is 4.57. The molecule has 1 N–H and O–H groups in total. The van der Waals surface area contributed by atoms with Crippen molar-refractivity contribution in [2.75, 3.05) is 13.1 Å². The van der Waals surface area contributed by atoms with Crippen molar-refractivity contribution in [2.45, 2.75) is 44.6 Å². The quantitative estimate of drug-likeness (QED) is 0.884. The predicted octanol–water partition coefficient (Wildman–Crippen LogP) is 4.72. The van der Waals surface area contributed by atoms with Crippen LogP contribution >= 0.6 is 0 Å². The lowest BCUT2D eigenvalue weighted by Crippen LogP contribution is -2.40. The first-order valence-electron chi connectivity index (χ1n) is 9.39. The molecule has 2 heteroatoms. The van der Waals surface area contributed by atoms with Gasteiger partial charge in [-0.25, -0.2) is 0 Å². The molecule has 0 amide bonds. The molecular formula is C22H27NO. The van der Waals surface area contributed by atoms with Crippen LogP contribution in [0.3, 0.4) is 0 Å². The third-order valence-corrected chi connectivity index (χ3v) is 5.79. The largest absolute Gasteiger partial charge is 0.508 e. The summed E-state index contributed by atoms with van der Waals surface area (Å²) in [5.41, 5.74) is 4.49. The van der Waals surface area contributed by atoms with Gasteiger partial charge in [-0.2, -0.15) is 0 Å². The molecule has 0 spiro atoms. The van der Waals surface area contributed by atoms with E-state index in [1.807, 2.05) is 12.1 Å². The maximum absolute atomic E-state index is 9.46. The number of aryl methyl sites for hydroxylation is 1. The smallest absolute Gasteiger partial charge is 0.115 e. The summed E-state index contributed by atoms with van der Waals surface area (Å²) in [6, 6.07) is 17.5. The highest BCUT2D eigenvalue weighted by Crippen LogP contribution is 2.37. The molecule has 2 aromatic carbocycles. The maximum Gasteiger partial charge on any atom is 0.115 e. The van der Waals surface area contributed by atoms with Gasteiger partial charge in [0.25, 0.3) is 0 Å². The zero-order valence-corrected chi connectivity index (χ0v) is 14.3. The zero-order chi connectivity index (χ0) is 16.4. The van der Waals surface area contributed by atoms with Gasteiger partial charge in [-0.1, -0.05) is 36.4 Å². The highest BCUT2D eigenvalue weighted by molar-refractivity contribution is 5.32. The second-order valence-electron chi connectivity index (χ2n) is 7.48. The molecule has 126 valence electrons. The molecule has 1 aliphatic heterocycles. The van der Waals surface area contributed by atoms with Crippen LogP contribution in [-0.2, 0) is 12.8 Å². The van der Waals surface area contributed by atoms with Crippen molar-refractivity contribution >= 4 is 0 Å². The summed E-state index contributed by atoms with van der Waals surface area (Å²) in [6.07, 6.45) is 7.64. The average molecular weight is 321 g/mol. The molecule has 1 fully saturated rings. The van der Waals surface area contributed by atoms with Gasteiger partial charge in [0, 0.05) is 12.6 Å². The Balaban J connectivity index is 1.46. The summed E-state index contributed by atoms with van der Waals surface area (Å²) in [4.78, 5) is 2.74. The van der Waals surface area contributed by atoms with E-state index in [2.05, 4.69) is 41.3 Å². The van der Waals surface area contributed by atoms with Gasteiger partial charge in [0.1, 0.15) is 5.75 Å². The highest BCUT2D eigenvalue weighted by Gasteiger charge is 2.29. The number of phenolic OH excluding ortho intramolecular Hbond substituents is 1. The Morgan fingerprint density at radius 3 is 2.67 bits per heavy atom. The van der Waals surface area contributed by atoms with Gasteiger partial charge < -0.3 is 5.11 Å². The van der Waals surface area contributed by atoms with Gasteiger partial charge in [0.2, 0.25) is 0 Å². The topological polar surface area (TPSA) is 23.5 Å². The molecule has 1 heterocycles. The van der Waals surface area contributed by atoms with E-state index >= 15 is 0 Å². The average Bonchev–Trinajstić information content (AvgIpc) is 2.63. The second kappa shape index (κ2) is 6.98. The minimum absolute atomic E-state index is 0.364.